The molecule has 0 aromatic carbocycles. The maximum atomic E-state index is 15.8. The molecule has 11 nitrogen and oxygen atoms in total. The van der Waals surface area contributed by atoms with Crippen LogP contribution in [-0.4, -0.2) is 58.0 Å². The molecule has 0 spiro atoms. The summed E-state index contributed by atoms with van der Waals surface area (Å²) in [6, 6.07) is 1.35. The quantitative estimate of drug-likeness (QED) is 0.0893. The maximum absolute atomic E-state index is 15.8. The zero-order chi connectivity index (χ0) is 34.0. The second-order valence-electron chi connectivity index (χ2n) is 11.1. The number of fused-ring (bicyclic) bond motifs is 1. The van der Waals surface area contributed by atoms with Crippen molar-refractivity contribution in [2.24, 2.45) is 0 Å². The standard InChI is InChI=1S/C34H49FN4O7P/c1-3-4-5-6-7-8-9-10-11-12-13-14-15-16-17-18-19-20-21-22-30(40)37-24-26-43-47(42)44-27-28-31(46-47)34(2,35)32(45-28)39-25-23-29(36)38-33(39)41/h4-5,7-8,10-11,13-14,16-17,19-20,23,25,28,31-32,42H,3,6,9,12,15,18,21-22,24,26-27H2,1-2H3,(H,37,40)(H2,36,38,41)/t28-,31-,32-,34-/m1/s1. The fourth-order valence-electron chi connectivity index (χ4n) is 4.82. The van der Waals surface area contributed by atoms with Crippen LogP contribution in [0.5, 0.6) is 0 Å². The lowest BCUT2D eigenvalue weighted by molar-refractivity contribution is -0.121. The number of nitrogen functional groups attached to an aromatic ring is 1. The number of nitrogens with two attached hydrogens (primary N) is 1. The van der Waals surface area contributed by atoms with Crippen LogP contribution in [0.25, 0.3) is 0 Å². The van der Waals surface area contributed by atoms with Crippen molar-refractivity contribution in [2.45, 2.75) is 89.3 Å². The van der Waals surface area contributed by atoms with Gasteiger partial charge in [0, 0.05) is 19.2 Å². The Kier molecular flexibility index (Phi) is 16.4. The van der Waals surface area contributed by atoms with E-state index in [4.69, 9.17) is 24.0 Å². The molecule has 0 bridgehead atoms. The van der Waals surface area contributed by atoms with E-state index in [1.165, 1.54) is 19.2 Å². The van der Waals surface area contributed by atoms with Gasteiger partial charge in [-0.2, -0.15) is 4.98 Å². The lowest BCUT2D eigenvalue weighted by atomic mass is 9.98. The van der Waals surface area contributed by atoms with Crippen LogP contribution in [0.1, 0.15) is 71.4 Å². The van der Waals surface area contributed by atoms with Crippen molar-refractivity contribution >= 4 is 19.9 Å². The fraction of sp³-hybridized carbons (Fsp3) is 0.500. The third-order valence-electron chi connectivity index (χ3n) is 7.25. The first-order valence-corrected chi connectivity index (χ1v) is 17.6. The monoisotopic (exact) mass is 675 g/mol. The van der Waals surface area contributed by atoms with Crippen LogP contribution < -0.4 is 16.7 Å². The number of halogens is 1. The minimum atomic E-state index is -3.89. The number of anilines is 1. The van der Waals surface area contributed by atoms with Crippen molar-refractivity contribution in [3.05, 3.63) is 95.7 Å². The first-order chi connectivity index (χ1) is 22.7. The zero-order valence-corrected chi connectivity index (χ0v) is 28.2. The summed E-state index contributed by atoms with van der Waals surface area (Å²) < 4.78 is 38.8. The van der Waals surface area contributed by atoms with Crippen LogP contribution in [-0.2, 0) is 23.1 Å². The van der Waals surface area contributed by atoms with E-state index < -0.39 is 38.0 Å². The molecule has 1 amide bonds. The topological polar surface area (TPSA) is 147 Å². The van der Waals surface area contributed by atoms with Crippen LogP contribution in [0.2, 0.25) is 0 Å². The van der Waals surface area contributed by atoms with E-state index >= 15 is 4.39 Å². The summed E-state index contributed by atoms with van der Waals surface area (Å²) in [6.07, 6.45) is 29.9. The van der Waals surface area contributed by atoms with Crippen molar-refractivity contribution in [2.75, 3.05) is 25.5 Å². The van der Waals surface area contributed by atoms with E-state index in [1.807, 2.05) is 12.2 Å². The molecule has 0 saturated carbocycles. The molecule has 47 heavy (non-hydrogen) atoms. The van der Waals surface area contributed by atoms with Gasteiger partial charge >= 0.3 is 13.9 Å². The number of hydrogen-bond donors (Lipinski definition) is 3. The molecule has 13 heteroatoms. The van der Waals surface area contributed by atoms with Gasteiger partial charge in [0.2, 0.25) is 5.91 Å². The Labute approximate surface area is 277 Å². The first-order valence-electron chi connectivity index (χ1n) is 16.1. The van der Waals surface area contributed by atoms with Crippen LogP contribution in [0.4, 0.5) is 10.2 Å². The molecule has 2 saturated heterocycles. The average Bonchev–Trinajstić information content (AvgIpc) is 3.29. The van der Waals surface area contributed by atoms with Gasteiger partial charge in [-0.3, -0.25) is 22.9 Å². The molecule has 0 aliphatic carbocycles. The number of carbonyl (C=O) groups excluding carboxylic acids is 1. The number of rotatable bonds is 19. The summed E-state index contributed by atoms with van der Waals surface area (Å²) in [6.45, 7) is 3.13. The van der Waals surface area contributed by atoms with E-state index in [1.54, 1.807) is 0 Å². The number of amides is 1. The van der Waals surface area contributed by atoms with Crippen LogP contribution in [0, 0.1) is 0 Å². The lowest BCUT2D eigenvalue weighted by Gasteiger charge is -2.39. The Morgan fingerprint density at radius 1 is 1.09 bits per heavy atom. The fourth-order valence-corrected chi connectivity index (χ4v) is 6.30. The van der Waals surface area contributed by atoms with Gasteiger partial charge in [0.25, 0.3) is 0 Å². The molecule has 5 atom stereocenters. The molecule has 2 aliphatic heterocycles. The maximum Gasteiger partial charge on any atom is 0.378 e. The SMILES string of the molecule is CCC=CCC=CCC=CCC=CCC=CCC=CCCC(=O)NCCO[P]1(O)OC[C@H]2O[C@@H](n3ccc(N)nc3=O)[C@](C)(F)[C@@H]2O1. The summed E-state index contributed by atoms with van der Waals surface area (Å²) in [7, 11) is -3.89. The minimum absolute atomic E-state index is 0.00342. The molecule has 259 valence electrons. The van der Waals surface area contributed by atoms with E-state index in [2.05, 4.69) is 78.0 Å². The predicted octanol–water partition coefficient (Wildman–Crippen LogP) is 6.15. The zero-order valence-electron chi connectivity index (χ0n) is 27.3. The van der Waals surface area contributed by atoms with E-state index in [0.717, 1.165) is 43.1 Å². The number of alkyl halides is 1. The van der Waals surface area contributed by atoms with E-state index in [0.29, 0.717) is 12.8 Å². The van der Waals surface area contributed by atoms with Gasteiger partial charge in [-0.05, 0) is 57.9 Å². The number of allylic oxidation sites excluding steroid dienone is 12. The second-order valence-corrected chi connectivity index (χ2v) is 12.8. The Morgan fingerprint density at radius 3 is 2.23 bits per heavy atom. The summed E-state index contributed by atoms with van der Waals surface area (Å²) in [4.78, 5) is 38.7. The lowest BCUT2D eigenvalue weighted by Crippen LogP contribution is -2.47. The van der Waals surface area contributed by atoms with E-state index in [-0.39, 0.29) is 31.5 Å². The third kappa shape index (κ3) is 13.1. The summed E-state index contributed by atoms with van der Waals surface area (Å²) in [5.74, 6) is -0.175. The molecule has 1 aromatic heterocycles. The number of nitrogens with zero attached hydrogens (tertiary/aromatic N) is 2. The van der Waals surface area contributed by atoms with Crippen LogP contribution in [0.3, 0.4) is 0 Å². The van der Waals surface area contributed by atoms with Gasteiger partial charge in [0.05, 0.1) is 13.2 Å². The highest BCUT2D eigenvalue weighted by molar-refractivity contribution is 7.55. The number of carbonyl (C=O) groups is 1. The normalized spacial score (nSPS) is 26.6. The van der Waals surface area contributed by atoms with Crippen LogP contribution in [0.15, 0.2) is 90.0 Å². The van der Waals surface area contributed by atoms with Gasteiger partial charge in [0.1, 0.15) is 18.0 Å². The molecular weight excluding hydrogens is 626 g/mol. The Morgan fingerprint density at radius 2 is 1.66 bits per heavy atom. The molecule has 1 radical (unpaired) electrons. The smallest absolute Gasteiger partial charge is 0.378 e. The van der Waals surface area contributed by atoms with Gasteiger partial charge in [-0.25, -0.2) is 9.18 Å². The highest BCUT2D eigenvalue weighted by atomic mass is 31.2. The van der Waals surface area contributed by atoms with Crippen molar-refractivity contribution in [1.29, 1.82) is 0 Å². The van der Waals surface area contributed by atoms with Crippen molar-refractivity contribution in [3.8, 4) is 0 Å². The number of hydrogen-bond acceptors (Lipinski definition) is 9. The molecule has 4 N–H and O–H groups in total. The van der Waals surface area contributed by atoms with Crippen LogP contribution >= 0.6 is 8.17 Å². The molecule has 2 fully saturated rings. The number of aromatic nitrogens is 2. The highest BCUT2D eigenvalue weighted by Crippen LogP contribution is 2.65. The molecule has 2 aliphatic rings. The van der Waals surface area contributed by atoms with Gasteiger partial charge < -0.3 is 20.7 Å². The third-order valence-corrected chi connectivity index (χ3v) is 8.72. The molecule has 3 rings (SSSR count). The Balaban J connectivity index is 1.24. The first kappa shape index (κ1) is 38.2. The summed E-state index contributed by atoms with van der Waals surface area (Å²) >= 11 is 0. The summed E-state index contributed by atoms with van der Waals surface area (Å²) in [5, 5.41) is 2.71. The van der Waals surface area contributed by atoms with Gasteiger partial charge in [-0.1, -0.05) is 79.8 Å². The number of ether oxygens (including phenoxy) is 1. The van der Waals surface area contributed by atoms with Gasteiger partial charge in [-0.15, -0.1) is 0 Å². The Bertz CT molecular complexity index is 1360. The highest BCUT2D eigenvalue weighted by Gasteiger charge is 2.62. The largest absolute Gasteiger partial charge is 0.383 e. The molecule has 3 heterocycles. The molecule has 1 aromatic rings. The number of nitrogens with one attached hydrogen (secondary N) is 1. The van der Waals surface area contributed by atoms with E-state index in [9.17, 15) is 14.5 Å². The minimum Gasteiger partial charge on any atom is -0.383 e. The van der Waals surface area contributed by atoms with Crippen molar-refractivity contribution in [1.82, 2.24) is 14.9 Å². The summed E-state index contributed by atoms with van der Waals surface area (Å²) in [5.41, 5.74) is 2.52. The molecule has 1 unspecified atom stereocenters. The second kappa shape index (κ2) is 20.2. The average molecular weight is 676 g/mol. The predicted molar refractivity (Wildman–Crippen MR) is 183 cm³/mol. The molecular formula is C34H49FN4O7P. The van der Waals surface area contributed by atoms with Gasteiger partial charge in [0.15, 0.2) is 11.9 Å². The van der Waals surface area contributed by atoms with Crippen molar-refractivity contribution in [3.63, 3.8) is 0 Å². The van der Waals surface area contributed by atoms with Crippen molar-refractivity contribution < 1.29 is 32.4 Å². The Hall–Kier alpha value is -3.25.